The van der Waals surface area contributed by atoms with Gasteiger partial charge in [0.25, 0.3) is 0 Å². The molecule has 0 bridgehead atoms. The third-order valence-corrected chi connectivity index (χ3v) is 3.97. The van der Waals surface area contributed by atoms with Crippen LogP contribution in [0.2, 0.25) is 0 Å². The highest BCUT2D eigenvalue weighted by molar-refractivity contribution is 6.29. The topological polar surface area (TPSA) is 54.4 Å². The number of carbonyl (C=O) groups is 2. The summed E-state index contributed by atoms with van der Waals surface area (Å²) >= 11 is 0. The molecule has 0 aromatic heterocycles. The Morgan fingerprint density at radius 2 is 1.50 bits per heavy atom. The number of ketones is 2. The largest absolute Gasteiger partial charge is 0.396 e. The lowest BCUT2D eigenvalue weighted by atomic mass is 9.78. The molecular formula is C17H16O3. The van der Waals surface area contributed by atoms with E-state index in [-0.39, 0.29) is 18.2 Å². The first-order valence-corrected chi connectivity index (χ1v) is 6.95. The fourth-order valence-electron chi connectivity index (χ4n) is 2.97. The van der Waals surface area contributed by atoms with Crippen LogP contribution in [0.25, 0.3) is 10.8 Å². The Kier molecular flexibility index (Phi) is 3.36. The van der Waals surface area contributed by atoms with Crippen LogP contribution in [0.4, 0.5) is 0 Å². The Balaban J connectivity index is 2.07. The van der Waals surface area contributed by atoms with Crippen molar-refractivity contribution in [1.82, 2.24) is 0 Å². The number of hydrogen-bond donors (Lipinski definition) is 1. The van der Waals surface area contributed by atoms with Gasteiger partial charge in [-0.25, -0.2) is 0 Å². The second-order valence-electron chi connectivity index (χ2n) is 5.21. The van der Waals surface area contributed by atoms with Crippen molar-refractivity contribution in [3.63, 3.8) is 0 Å². The zero-order chi connectivity index (χ0) is 14.1. The predicted molar refractivity (Wildman–Crippen MR) is 77.0 cm³/mol. The highest BCUT2D eigenvalue weighted by Gasteiger charge is 2.34. The molecule has 0 heterocycles. The average Bonchev–Trinajstić information content (AvgIpc) is 2.48. The monoisotopic (exact) mass is 268 g/mol. The molecule has 3 rings (SSSR count). The highest BCUT2D eigenvalue weighted by Crippen LogP contribution is 2.34. The van der Waals surface area contributed by atoms with Crippen molar-refractivity contribution in [1.29, 1.82) is 0 Å². The van der Waals surface area contributed by atoms with Gasteiger partial charge in [0.2, 0.25) is 0 Å². The van der Waals surface area contributed by atoms with E-state index >= 15 is 0 Å². The molecule has 1 N–H and O–H groups in total. The second kappa shape index (κ2) is 5.17. The van der Waals surface area contributed by atoms with E-state index in [1.807, 2.05) is 24.3 Å². The number of Topliss-reactive ketones (excluding diaryl/α,β-unsaturated/α-hetero) is 2. The molecule has 1 aliphatic carbocycles. The number of rotatable bonds is 4. The number of carbonyl (C=O) groups excluding carboxylic acids is 2. The van der Waals surface area contributed by atoms with Gasteiger partial charge in [0.05, 0.1) is 5.92 Å². The van der Waals surface area contributed by atoms with Crippen LogP contribution in [0.3, 0.4) is 0 Å². The minimum absolute atomic E-state index is 0.0720. The van der Waals surface area contributed by atoms with Gasteiger partial charge in [0, 0.05) is 23.1 Å². The van der Waals surface area contributed by atoms with Crippen LogP contribution in [0.5, 0.6) is 0 Å². The molecule has 3 heteroatoms. The van der Waals surface area contributed by atoms with Crippen LogP contribution in [-0.4, -0.2) is 23.3 Å². The predicted octanol–water partition coefficient (Wildman–Crippen LogP) is 3.00. The number of unbranched alkanes of at least 4 members (excludes halogenated alkanes) is 1. The van der Waals surface area contributed by atoms with Crippen LogP contribution in [-0.2, 0) is 0 Å². The maximum absolute atomic E-state index is 12.5. The van der Waals surface area contributed by atoms with Crippen molar-refractivity contribution in [2.75, 3.05) is 6.61 Å². The lowest BCUT2D eigenvalue weighted by molar-refractivity contribution is 0.0790. The minimum atomic E-state index is -0.581. The molecule has 0 unspecified atom stereocenters. The van der Waals surface area contributed by atoms with Crippen molar-refractivity contribution >= 4 is 22.3 Å². The number of hydrogen-bond acceptors (Lipinski definition) is 3. The first kappa shape index (κ1) is 13.0. The molecule has 0 radical (unpaired) electrons. The summed E-state index contributed by atoms with van der Waals surface area (Å²) in [6.07, 6.45) is 1.84. The van der Waals surface area contributed by atoms with Gasteiger partial charge in [-0.15, -0.1) is 0 Å². The van der Waals surface area contributed by atoms with E-state index in [0.717, 1.165) is 10.8 Å². The molecule has 2 aromatic carbocycles. The summed E-state index contributed by atoms with van der Waals surface area (Å²) in [5, 5.41) is 10.6. The molecule has 2 aromatic rings. The van der Waals surface area contributed by atoms with Gasteiger partial charge in [-0.3, -0.25) is 9.59 Å². The van der Waals surface area contributed by atoms with E-state index in [1.54, 1.807) is 12.1 Å². The van der Waals surface area contributed by atoms with Crippen LogP contribution in [0.15, 0.2) is 36.4 Å². The van der Waals surface area contributed by atoms with Gasteiger partial charge in [0.15, 0.2) is 11.6 Å². The van der Waals surface area contributed by atoms with Gasteiger partial charge >= 0.3 is 0 Å². The fourth-order valence-corrected chi connectivity index (χ4v) is 2.97. The highest BCUT2D eigenvalue weighted by atomic mass is 16.3. The lowest BCUT2D eigenvalue weighted by Crippen LogP contribution is -2.29. The van der Waals surface area contributed by atoms with Crippen LogP contribution in [0, 0.1) is 5.92 Å². The zero-order valence-corrected chi connectivity index (χ0v) is 11.1. The summed E-state index contributed by atoms with van der Waals surface area (Å²) in [5.41, 5.74) is 1.32. The maximum atomic E-state index is 12.5. The second-order valence-corrected chi connectivity index (χ2v) is 5.21. The first-order chi connectivity index (χ1) is 9.74. The molecule has 0 saturated heterocycles. The molecule has 0 amide bonds. The standard InChI is InChI=1S/C17H16O3/c18-10-2-1-7-14-16(19)12-8-3-5-11-6-4-9-13(15(11)12)17(14)20/h3-6,8-9,14,18H,1-2,7,10H2. The van der Waals surface area contributed by atoms with Gasteiger partial charge in [0.1, 0.15) is 0 Å². The Bertz CT molecular complexity index is 637. The van der Waals surface area contributed by atoms with Crippen molar-refractivity contribution in [3.05, 3.63) is 47.5 Å². The van der Waals surface area contributed by atoms with Gasteiger partial charge in [-0.2, -0.15) is 0 Å². The molecule has 0 aliphatic heterocycles. The Morgan fingerprint density at radius 3 is 2.05 bits per heavy atom. The van der Waals surface area contributed by atoms with Crippen LogP contribution < -0.4 is 0 Å². The summed E-state index contributed by atoms with van der Waals surface area (Å²) in [4.78, 5) is 25.0. The van der Waals surface area contributed by atoms with E-state index in [2.05, 4.69) is 0 Å². The Hall–Kier alpha value is -2.00. The smallest absolute Gasteiger partial charge is 0.174 e. The zero-order valence-electron chi connectivity index (χ0n) is 11.1. The maximum Gasteiger partial charge on any atom is 0.174 e. The summed E-state index contributed by atoms with van der Waals surface area (Å²) in [5.74, 6) is -0.725. The normalized spacial score (nSPS) is 15.1. The van der Waals surface area contributed by atoms with Gasteiger partial charge < -0.3 is 5.11 Å². The summed E-state index contributed by atoms with van der Waals surface area (Å²) in [6.45, 7) is 0.0985. The van der Waals surface area contributed by atoms with Gasteiger partial charge in [-0.1, -0.05) is 36.4 Å². The molecule has 3 nitrogen and oxygen atoms in total. The SMILES string of the molecule is O=C1c2cccc3cccc(c23)C(=O)C1CCCCO. The quantitative estimate of drug-likeness (QED) is 0.685. The van der Waals surface area contributed by atoms with Crippen molar-refractivity contribution in [3.8, 4) is 0 Å². The number of benzene rings is 2. The Labute approximate surface area is 117 Å². The molecule has 1 aliphatic rings. The van der Waals surface area contributed by atoms with Gasteiger partial charge in [-0.05, 0) is 24.6 Å². The van der Waals surface area contributed by atoms with E-state index in [0.29, 0.717) is 30.4 Å². The molecule has 0 saturated carbocycles. The van der Waals surface area contributed by atoms with E-state index in [1.165, 1.54) is 0 Å². The van der Waals surface area contributed by atoms with Crippen molar-refractivity contribution in [2.45, 2.75) is 19.3 Å². The van der Waals surface area contributed by atoms with E-state index in [9.17, 15) is 9.59 Å². The minimum Gasteiger partial charge on any atom is -0.396 e. The summed E-state index contributed by atoms with van der Waals surface area (Å²) < 4.78 is 0. The van der Waals surface area contributed by atoms with Crippen molar-refractivity contribution in [2.24, 2.45) is 5.92 Å². The molecular weight excluding hydrogens is 252 g/mol. The summed E-state index contributed by atoms with van der Waals surface area (Å²) in [7, 11) is 0. The average molecular weight is 268 g/mol. The van der Waals surface area contributed by atoms with Crippen molar-refractivity contribution < 1.29 is 14.7 Å². The third kappa shape index (κ3) is 1.95. The number of aliphatic hydroxyl groups is 1. The molecule has 0 spiro atoms. The molecule has 102 valence electrons. The molecule has 20 heavy (non-hydrogen) atoms. The van der Waals surface area contributed by atoms with E-state index < -0.39 is 5.92 Å². The molecule has 0 fully saturated rings. The fraction of sp³-hybridized carbons (Fsp3) is 0.294. The Morgan fingerprint density at radius 1 is 0.900 bits per heavy atom. The van der Waals surface area contributed by atoms with Crippen LogP contribution >= 0.6 is 0 Å². The van der Waals surface area contributed by atoms with Crippen LogP contribution in [0.1, 0.15) is 40.0 Å². The van der Waals surface area contributed by atoms with E-state index in [4.69, 9.17) is 5.11 Å². The lowest BCUT2D eigenvalue weighted by Gasteiger charge is -2.22. The third-order valence-electron chi connectivity index (χ3n) is 3.97. The number of aliphatic hydroxyl groups excluding tert-OH is 1. The molecule has 0 atom stereocenters. The summed E-state index contributed by atoms with van der Waals surface area (Å²) in [6, 6.07) is 11.2. The first-order valence-electron chi connectivity index (χ1n) is 6.95.